The van der Waals surface area contributed by atoms with Crippen LogP contribution in [0.25, 0.3) is 64.3 Å². The molecule has 0 saturated heterocycles. The Labute approximate surface area is 291 Å². The van der Waals surface area contributed by atoms with Gasteiger partial charge in [-0.3, -0.25) is 0 Å². The van der Waals surface area contributed by atoms with Gasteiger partial charge in [-0.2, -0.15) is 0 Å². The fourth-order valence-electron chi connectivity index (χ4n) is 6.66. The monoisotopic (exact) mass is 634 g/mol. The van der Waals surface area contributed by atoms with E-state index in [4.69, 9.17) is 6.85 Å². The molecule has 48 heavy (non-hydrogen) atoms. The lowest BCUT2D eigenvalue weighted by atomic mass is 9.95. The maximum Gasteiger partial charge on any atom is 0.0629 e. The summed E-state index contributed by atoms with van der Waals surface area (Å²) in [5, 5.41) is 4.80. The predicted octanol–water partition coefficient (Wildman–Crippen LogP) is 13.7. The number of para-hydroxylation sites is 1. The molecule has 9 rings (SSSR count). The second kappa shape index (κ2) is 12.0. The molecule has 0 radical (unpaired) electrons. The molecule has 0 fully saturated rings. The molecule has 0 N–H and O–H groups in total. The lowest BCUT2D eigenvalue weighted by molar-refractivity contribution is 1.30. The van der Waals surface area contributed by atoms with Gasteiger partial charge in [-0.15, -0.1) is 11.3 Å². The molecule has 0 aliphatic heterocycles. The van der Waals surface area contributed by atoms with E-state index in [-0.39, 0.29) is 29.7 Å². The van der Waals surface area contributed by atoms with Gasteiger partial charge >= 0.3 is 0 Å². The van der Waals surface area contributed by atoms with E-state index in [1.807, 2.05) is 53.8 Å². The molecule has 9 aromatic rings. The highest BCUT2D eigenvalue weighted by molar-refractivity contribution is 7.25. The Morgan fingerprint density at radius 1 is 0.396 bits per heavy atom. The Kier molecular flexibility index (Phi) is 5.84. The Bertz CT molecular complexity index is 2800. The standard InChI is InChI=1S/C46H31NS/c1-3-11-32(12-4-1)33-25-28-38(29-26-33)47(37-13-5-2-6-14-37)44-19-10-17-40-39(16-9-18-41(40)44)35-23-21-34(22-24-35)36-27-30-46-43(31-36)42-15-7-8-20-45(42)48-46/h1-31H/i1D,3D,4D,11D,12D. The van der Waals surface area contributed by atoms with E-state index in [0.29, 0.717) is 5.56 Å². The van der Waals surface area contributed by atoms with Crippen LogP contribution in [-0.2, 0) is 0 Å². The maximum atomic E-state index is 8.48. The van der Waals surface area contributed by atoms with Gasteiger partial charge in [-0.05, 0) is 87.3 Å². The number of benzene rings is 8. The summed E-state index contributed by atoms with van der Waals surface area (Å²) in [4.78, 5) is 2.20. The molecular weight excluding hydrogens is 599 g/mol. The van der Waals surface area contributed by atoms with Crippen LogP contribution in [-0.4, -0.2) is 0 Å². The van der Waals surface area contributed by atoms with Gasteiger partial charge in [-0.25, -0.2) is 0 Å². The second-order valence-electron chi connectivity index (χ2n) is 11.8. The van der Waals surface area contributed by atoms with E-state index in [9.17, 15) is 0 Å². The maximum absolute atomic E-state index is 8.48. The van der Waals surface area contributed by atoms with Crippen LogP contribution in [0.1, 0.15) is 6.85 Å². The number of anilines is 3. The highest BCUT2D eigenvalue weighted by Crippen LogP contribution is 2.42. The predicted molar refractivity (Wildman–Crippen MR) is 208 cm³/mol. The fraction of sp³-hybridized carbons (Fsp3) is 0. The van der Waals surface area contributed by atoms with Crippen molar-refractivity contribution in [2.45, 2.75) is 0 Å². The molecule has 0 spiro atoms. The molecule has 1 aromatic heterocycles. The van der Waals surface area contributed by atoms with Crippen molar-refractivity contribution < 1.29 is 6.85 Å². The number of hydrogen-bond donors (Lipinski definition) is 0. The van der Waals surface area contributed by atoms with Crippen LogP contribution in [0.3, 0.4) is 0 Å². The number of fused-ring (bicyclic) bond motifs is 4. The normalized spacial score (nSPS) is 12.8. The molecule has 1 heterocycles. The second-order valence-corrected chi connectivity index (χ2v) is 12.9. The largest absolute Gasteiger partial charge is 0.310 e. The quantitative estimate of drug-likeness (QED) is 0.176. The first-order valence-corrected chi connectivity index (χ1v) is 16.8. The van der Waals surface area contributed by atoms with Gasteiger partial charge < -0.3 is 4.90 Å². The van der Waals surface area contributed by atoms with Crippen molar-refractivity contribution in [3.63, 3.8) is 0 Å². The Hall–Kier alpha value is -5.96. The number of hydrogen-bond acceptors (Lipinski definition) is 2. The topological polar surface area (TPSA) is 3.24 Å². The average molecular weight is 635 g/mol. The number of thiophene rings is 1. The molecule has 1 nitrogen and oxygen atoms in total. The lowest BCUT2D eigenvalue weighted by Crippen LogP contribution is -2.10. The van der Waals surface area contributed by atoms with Crippen molar-refractivity contribution >= 4 is 59.3 Å². The first kappa shape index (κ1) is 23.4. The number of rotatable bonds is 6. The zero-order valence-electron chi connectivity index (χ0n) is 30.9. The highest BCUT2D eigenvalue weighted by Gasteiger charge is 2.17. The van der Waals surface area contributed by atoms with Crippen LogP contribution in [0.5, 0.6) is 0 Å². The third-order valence-corrected chi connectivity index (χ3v) is 10.1. The van der Waals surface area contributed by atoms with Crippen LogP contribution in [0, 0.1) is 0 Å². The van der Waals surface area contributed by atoms with Crippen LogP contribution in [0.2, 0.25) is 0 Å². The summed E-state index contributed by atoms with van der Waals surface area (Å²) < 4.78 is 43.9. The third kappa shape index (κ3) is 5.04. The Morgan fingerprint density at radius 3 is 1.83 bits per heavy atom. The minimum Gasteiger partial charge on any atom is -0.310 e. The Morgan fingerprint density at radius 2 is 1.00 bits per heavy atom. The minimum atomic E-state index is -0.397. The van der Waals surface area contributed by atoms with Crippen LogP contribution < -0.4 is 4.90 Å². The first-order chi connectivity index (χ1) is 25.9. The van der Waals surface area contributed by atoms with Crippen LogP contribution in [0.4, 0.5) is 17.1 Å². The molecule has 0 aliphatic carbocycles. The molecule has 8 aromatic carbocycles. The number of nitrogens with zero attached hydrogens (tertiary/aromatic N) is 1. The van der Waals surface area contributed by atoms with Gasteiger partial charge in [0, 0.05) is 36.9 Å². The van der Waals surface area contributed by atoms with E-state index in [0.717, 1.165) is 39.0 Å². The van der Waals surface area contributed by atoms with Crippen molar-refractivity contribution in [1.29, 1.82) is 0 Å². The van der Waals surface area contributed by atoms with Gasteiger partial charge in [0.25, 0.3) is 0 Å². The Balaban J connectivity index is 1.11. The smallest absolute Gasteiger partial charge is 0.0629 e. The summed E-state index contributed by atoms with van der Waals surface area (Å²) in [7, 11) is 0. The zero-order valence-corrected chi connectivity index (χ0v) is 26.7. The van der Waals surface area contributed by atoms with Gasteiger partial charge in [0.1, 0.15) is 0 Å². The van der Waals surface area contributed by atoms with Gasteiger partial charge in [-0.1, -0.05) is 139 Å². The van der Waals surface area contributed by atoms with E-state index in [1.54, 1.807) is 0 Å². The molecular formula is C46H31NS. The van der Waals surface area contributed by atoms with Crippen LogP contribution >= 0.6 is 11.3 Å². The molecule has 0 saturated carbocycles. The first-order valence-electron chi connectivity index (χ1n) is 18.4. The van der Waals surface area contributed by atoms with Gasteiger partial charge in [0.15, 0.2) is 0 Å². The van der Waals surface area contributed by atoms with Crippen molar-refractivity contribution in [3.05, 3.63) is 188 Å². The summed E-state index contributed by atoms with van der Waals surface area (Å²) >= 11 is 1.83. The van der Waals surface area contributed by atoms with Gasteiger partial charge in [0.05, 0.1) is 12.5 Å². The average Bonchev–Trinajstić information content (AvgIpc) is 3.58. The van der Waals surface area contributed by atoms with E-state index >= 15 is 0 Å². The van der Waals surface area contributed by atoms with E-state index in [1.165, 1.54) is 31.3 Å². The third-order valence-electron chi connectivity index (χ3n) is 8.97. The summed E-state index contributed by atoms with van der Waals surface area (Å²) in [6.07, 6.45) is 0. The zero-order chi connectivity index (χ0) is 36.2. The SMILES string of the molecule is [2H]c1c([2H])c([2H])c(-c2ccc(N(c3ccccc3)c3cccc4c(-c5ccc(-c6ccc7sc8ccccc8c7c6)cc5)cccc34)cc2)c([2H])c1[2H]. The van der Waals surface area contributed by atoms with Crippen molar-refractivity contribution in [2.75, 3.05) is 4.90 Å². The summed E-state index contributed by atoms with van der Waals surface area (Å²) in [6, 6.07) is 53.2. The molecule has 226 valence electrons. The summed E-state index contributed by atoms with van der Waals surface area (Å²) in [5.74, 6) is 0. The molecule has 0 unspecified atom stereocenters. The van der Waals surface area contributed by atoms with Crippen molar-refractivity contribution in [3.8, 4) is 33.4 Å². The van der Waals surface area contributed by atoms with Crippen molar-refractivity contribution in [1.82, 2.24) is 0 Å². The molecule has 0 amide bonds. The van der Waals surface area contributed by atoms with E-state index in [2.05, 4.69) is 120 Å². The van der Waals surface area contributed by atoms with Crippen LogP contribution in [0.15, 0.2) is 188 Å². The van der Waals surface area contributed by atoms with Crippen molar-refractivity contribution in [2.24, 2.45) is 0 Å². The molecule has 0 bridgehead atoms. The molecule has 2 heteroatoms. The molecule has 0 atom stereocenters. The fourth-order valence-corrected chi connectivity index (χ4v) is 7.75. The molecule has 0 aliphatic rings. The summed E-state index contributed by atoms with van der Waals surface area (Å²) in [6.45, 7) is 0. The van der Waals surface area contributed by atoms with E-state index < -0.39 is 6.04 Å². The minimum absolute atomic E-state index is 0.190. The lowest BCUT2D eigenvalue weighted by Gasteiger charge is -2.27. The summed E-state index contributed by atoms with van der Waals surface area (Å²) in [5.41, 5.74) is 8.25. The van der Waals surface area contributed by atoms with Gasteiger partial charge in [0.2, 0.25) is 0 Å². The highest BCUT2D eigenvalue weighted by atomic mass is 32.1.